The maximum atomic E-state index is 11.4. The number of hydrogen-bond acceptors (Lipinski definition) is 4. The molecule has 0 aliphatic carbocycles. The van der Waals surface area contributed by atoms with Crippen LogP contribution in [0.25, 0.3) is 21.8 Å². The molecule has 2 aliphatic heterocycles. The van der Waals surface area contributed by atoms with Crippen LogP contribution >= 0.6 is 0 Å². The number of primary amides is 1. The number of carbonyl (C=O) groups is 3. The first kappa shape index (κ1) is 21.8. The number of benzene rings is 2. The zero-order valence-electron chi connectivity index (χ0n) is 19.5. The number of nitrogens with two attached hydrogens (primary N) is 1. The Kier molecular flexibility index (Phi) is 5.16. The maximum absolute atomic E-state index is 11.4. The Labute approximate surface area is 196 Å². The second-order valence-corrected chi connectivity index (χ2v) is 8.94. The number of likely N-dealkylation sites (N-methyl/N-ethyl adjacent to an activating group) is 1. The number of fused-ring (bicyclic) bond motifs is 6. The molecule has 0 fully saturated rings. The largest absolute Gasteiger partial charge is 0.374 e. The van der Waals surface area contributed by atoms with Crippen LogP contribution in [0.2, 0.25) is 0 Å². The number of ketones is 2. The average molecular weight is 458 g/mol. The molecule has 4 N–H and O–H groups in total. The minimum Gasteiger partial charge on any atom is -0.374 e. The van der Waals surface area contributed by atoms with E-state index in [9.17, 15) is 14.4 Å². The number of carbonyl (C=O) groups excluding carboxylic acids is 3. The third-order valence-corrected chi connectivity index (χ3v) is 6.79. The smallest absolute Gasteiger partial charge is 0.319 e. The minimum absolute atomic E-state index is 0.00436. The Balaban J connectivity index is 0.000000142. The lowest BCUT2D eigenvalue weighted by molar-refractivity contribution is 0.100. The zero-order chi connectivity index (χ0) is 24.1. The van der Waals surface area contributed by atoms with Gasteiger partial charge in [0.2, 0.25) is 0 Å². The van der Waals surface area contributed by atoms with Gasteiger partial charge in [-0.3, -0.25) is 14.5 Å². The fourth-order valence-electron chi connectivity index (χ4n) is 4.99. The first-order chi connectivity index (χ1) is 16.2. The molecule has 8 heteroatoms. The van der Waals surface area contributed by atoms with Crippen LogP contribution in [0.3, 0.4) is 0 Å². The highest BCUT2D eigenvalue weighted by atomic mass is 16.2. The fourth-order valence-corrected chi connectivity index (χ4v) is 4.99. The van der Waals surface area contributed by atoms with Crippen LogP contribution in [0, 0.1) is 0 Å². The summed E-state index contributed by atoms with van der Waals surface area (Å²) >= 11 is 0. The summed E-state index contributed by atoms with van der Waals surface area (Å²) < 4.78 is 0. The first-order valence-corrected chi connectivity index (χ1v) is 11.3. The van der Waals surface area contributed by atoms with Crippen molar-refractivity contribution in [2.75, 3.05) is 29.9 Å². The second kappa shape index (κ2) is 8.06. The highest BCUT2D eigenvalue weighted by Gasteiger charge is 2.25. The number of H-pyrrole nitrogens is 2. The van der Waals surface area contributed by atoms with Gasteiger partial charge in [0.1, 0.15) is 0 Å². The molecule has 34 heavy (non-hydrogen) atoms. The molecule has 2 aromatic heterocycles. The van der Waals surface area contributed by atoms with Crippen molar-refractivity contribution in [1.29, 1.82) is 0 Å². The first-order valence-electron chi connectivity index (χ1n) is 11.3. The van der Waals surface area contributed by atoms with Crippen LogP contribution in [0.5, 0.6) is 0 Å². The number of anilines is 2. The van der Waals surface area contributed by atoms with E-state index < -0.39 is 6.03 Å². The van der Waals surface area contributed by atoms with Crippen LogP contribution in [0.4, 0.5) is 16.2 Å². The Morgan fingerprint density at radius 1 is 0.794 bits per heavy atom. The molecule has 8 nitrogen and oxygen atoms in total. The molecule has 0 spiro atoms. The van der Waals surface area contributed by atoms with Gasteiger partial charge in [-0.05, 0) is 60.4 Å². The summed E-state index contributed by atoms with van der Waals surface area (Å²) in [5.74, 6) is 0.0982. The van der Waals surface area contributed by atoms with Crippen LogP contribution in [0.15, 0.2) is 36.4 Å². The van der Waals surface area contributed by atoms with Gasteiger partial charge >= 0.3 is 6.03 Å². The molecule has 6 rings (SSSR count). The lowest BCUT2D eigenvalue weighted by atomic mass is 10.1. The molecule has 0 unspecified atom stereocenters. The average Bonchev–Trinajstić information content (AvgIpc) is 3.56. The Morgan fingerprint density at radius 3 is 1.82 bits per heavy atom. The molecule has 4 aromatic rings. The van der Waals surface area contributed by atoms with Gasteiger partial charge in [0, 0.05) is 67.2 Å². The number of hydrogen-bond donors (Lipinski definition) is 3. The molecule has 2 aliphatic rings. The predicted molar refractivity (Wildman–Crippen MR) is 134 cm³/mol. The summed E-state index contributed by atoms with van der Waals surface area (Å²) in [4.78, 5) is 44.1. The van der Waals surface area contributed by atoms with E-state index in [4.69, 9.17) is 5.73 Å². The van der Waals surface area contributed by atoms with Crippen molar-refractivity contribution in [1.82, 2.24) is 9.97 Å². The van der Waals surface area contributed by atoms with Crippen LogP contribution in [-0.4, -0.2) is 47.7 Å². The highest BCUT2D eigenvalue weighted by Crippen LogP contribution is 2.35. The van der Waals surface area contributed by atoms with Crippen molar-refractivity contribution in [3.05, 3.63) is 58.9 Å². The lowest BCUT2D eigenvalue weighted by Gasteiger charge is -2.13. The summed E-state index contributed by atoms with van der Waals surface area (Å²) in [5, 5.41) is 2.20. The van der Waals surface area contributed by atoms with Crippen molar-refractivity contribution in [2.24, 2.45) is 5.73 Å². The summed E-state index contributed by atoms with van der Waals surface area (Å²) in [7, 11) is 2.11. The summed E-state index contributed by atoms with van der Waals surface area (Å²) in [6.45, 7) is 4.79. The number of amides is 2. The Hall–Kier alpha value is -4.07. The van der Waals surface area contributed by atoms with E-state index in [1.807, 2.05) is 24.3 Å². The van der Waals surface area contributed by atoms with E-state index >= 15 is 0 Å². The monoisotopic (exact) mass is 457 g/mol. The standard InChI is InChI=1S/C13H13N3O2.C13H14N2O/c1-7(17)11-6-9-8-4-5-16(13(14)18)12(8)3-2-10(9)15-11;1-8(16)12-7-10-9-5-6-15(2)13(9)4-3-11(10)14-12/h2-3,6,15H,4-5H2,1H3,(H2,14,18);3-4,7,14H,5-6H2,1-2H3. The lowest BCUT2D eigenvalue weighted by Crippen LogP contribution is -2.33. The molecule has 0 saturated carbocycles. The van der Waals surface area contributed by atoms with Gasteiger partial charge < -0.3 is 20.6 Å². The number of aromatic amines is 2. The highest BCUT2D eigenvalue weighted by molar-refractivity contribution is 6.03. The normalized spacial score (nSPS) is 14.2. The topological polar surface area (TPSA) is 115 Å². The van der Waals surface area contributed by atoms with Crippen LogP contribution in [-0.2, 0) is 12.8 Å². The van der Waals surface area contributed by atoms with Crippen molar-refractivity contribution >= 4 is 50.8 Å². The second-order valence-electron chi connectivity index (χ2n) is 8.94. The van der Waals surface area contributed by atoms with E-state index in [2.05, 4.69) is 34.0 Å². The third kappa shape index (κ3) is 3.51. The number of nitrogens with one attached hydrogen (secondary N) is 2. The van der Waals surface area contributed by atoms with Gasteiger partial charge in [0.25, 0.3) is 0 Å². The van der Waals surface area contributed by atoms with Gasteiger partial charge in [-0.15, -0.1) is 0 Å². The fraction of sp³-hybridized carbons (Fsp3) is 0.269. The quantitative estimate of drug-likeness (QED) is 0.392. The Bertz CT molecular complexity index is 1480. The molecule has 0 radical (unpaired) electrons. The number of Topliss-reactive ketones (excluding diaryl/α,β-unsaturated/α-hetero) is 2. The number of urea groups is 1. The Morgan fingerprint density at radius 2 is 1.29 bits per heavy atom. The molecule has 2 amide bonds. The number of rotatable bonds is 2. The van der Waals surface area contributed by atoms with Crippen LogP contribution < -0.4 is 15.5 Å². The van der Waals surface area contributed by atoms with Gasteiger partial charge in [-0.2, -0.15) is 0 Å². The van der Waals surface area contributed by atoms with E-state index in [1.54, 1.807) is 11.8 Å². The number of aromatic nitrogens is 2. The third-order valence-electron chi connectivity index (χ3n) is 6.79. The molecular weight excluding hydrogens is 430 g/mol. The zero-order valence-corrected chi connectivity index (χ0v) is 19.5. The molecule has 0 bridgehead atoms. The molecule has 0 atom stereocenters. The van der Waals surface area contributed by atoms with Crippen molar-refractivity contribution in [3.63, 3.8) is 0 Å². The van der Waals surface area contributed by atoms with Crippen molar-refractivity contribution in [2.45, 2.75) is 26.7 Å². The summed E-state index contributed by atoms with van der Waals surface area (Å²) in [5.41, 5.74) is 13.2. The molecule has 174 valence electrons. The minimum atomic E-state index is -0.435. The van der Waals surface area contributed by atoms with E-state index in [-0.39, 0.29) is 11.6 Å². The van der Waals surface area contributed by atoms with Gasteiger partial charge in [0.15, 0.2) is 11.6 Å². The summed E-state index contributed by atoms with van der Waals surface area (Å²) in [6, 6.07) is 11.3. The molecule has 4 heterocycles. The van der Waals surface area contributed by atoms with Crippen molar-refractivity contribution < 1.29 is 14.4 Å². The number of nitrogens with zero attached hydrogens (tertiary/aromatic N) is 2. The SMILES string of the molecule is CC(=O)c1cc2c3c(ccc2[nH]1)N(C(N)=O)CC3.CC(=O)c1cc2c3c(ccc2[nH]1)N(C)CC3. The van der Waals surface area contributed by atoms with Gasteiger partial charge in [-0.25, -0.2) is 4.79 Å². The maximum Gasteiger partial charge on any atom is 0.319 e. The predicted octanol–water partition coefficient (Wildman–Crippen LogP) is 4.17. The van der Waals surface area contributed by atoms with E-state index in [0.717, 1.165) is 47.1 Å². The molecule has 2 aromatic carbocycles. The van der Waals surface area contributed by atoms with Gasteiger partial charge in [0.05, 0.1) is 11.4 Å². The van der Waals surface area contributed by atoms with Gasteiger partial charge in [-0.1, -0.05) is 0 Å². The van der Waals surface area contributed by atoms with E-state index in [0.29, 0.717) is 17.9 Å². The van der Waals surface area contributed by atoms with Crippen molar-refractivity contribution in [3.8, 4) is 0 Å². The van der Waals surface area contributed by atoms with Crippen LogP contribution in [0.1, 0.15) is 46.0 Å². The van der Waals surface area contributed by atoms with E-state index in [1.165, 1.54) is 23.6 Å². The summed E-state index contributed by atoms with van der Waals surface area (Å²) in [6.07, 6.45) is 1.84. The molecular formula is C26H27N5O3. The molecule has 0 saturated heterocycles.